The van der Waals surface area contributed by atoms with E-state index in [0.29, 0.717) is 9.80 Å². The molecule has 19 nitrogen and oxygen atoms in total. The molecule has 1 aromatic heterocycles. The van der Waals surface area contributed by atoms with Crippen molar-refractivity contribution in [3.63, 3.8) is 0 Å². The Labute approximate surface area is 263 Å². The molecule has 0 saturated carbocycles. The third-order valence-electron chi connectivity index (χ3n) is 6.26. The topological polar surface area (TPSA) is 238 Å². The van der Waals surface area contributed by atoms with Crippen molar-refractivity contribution in [1.29, 1.82) is 0 Å². The first-order chi connectivity index (χ1) is 20.9. The Morgan fingerprint density at radius 2 is 1.54 bits per heavy atom. The zero-order valence-corrected chi connectivity index (χ0v) is 28.0. The van der Waals surface area contributed by atoms with Gasteiger partial charge in [-0.3, -0.25) is 18.9 Å². The van der Waals surface area contributed by atoms with E-state index >= 15 is 0 Å². The molecule has 1 unspecified atom stereocenters. The average Bonchev–Trinajstić information content (AvgIpc) is 2.85. The van der Waals surface area contributed by atoms with Crippen LogP contribution in [-0.2, 0) is 37.3 Å². The molecule has 0 spiro atoms. The molecule has 258 valence electrons. The van der Waals surface area contributed by atoms with Crippen LogP contribution in [0.3, 0.4) is 0 Å². The summed E-state index contributed by atoms with van der Waals surface area (Å²) >= 11 is 0. The quantitative estimate of drug-likeness (QED) is 0.200. The summed E-state index contributed by atoms with van der Waals surface area (Å²) in [5.41, 5.74) is -4.93. The van der Waals surface area contributed by atoms with Crippen molar-refractivity contribution in [2.75, 3.05) is 28.6 Å². The van der Waals surface area contributed by atoms with Crippen molar-refractivity contribution in [3.8, 4) is 0 Å². The number of imide groups is 1. The first-order valence-electron chi connectivity index (χ1n) is 14.1. The van der Waals surface area contributed by atoms with Gasteiger partial charge in [0.05, 0.1) is 0 Å². The van der Waals surface area contributed by atoms with Gasteiger partial charge in [-0.25, -0.2) is 19.3 Å². The number of nitrogens with zero attached hydrogens (tertiary/aromatic N) is 3. The number of carbonyl (C=O) groups is 3. The van der Waals surface area contributed by atoms with E-state index in [2.05, 4.69) is 15.3 Å². The molecule has 0 bridgehead atoms. The normalized spacial score (nSPS) is 27.3. The molecule has 4 rings (SSSR count). The number of hydrogen-bond acceptors (Lipinski definition) is 16. The number of anilines is 3. The van der Waals surface area contributed by atoms with E-state index in [-0.39, 0.29) is 0 Å². The predicted octanol–water partition coefficient (Wildman–Crippen LogP) is 2.56. The maximum absolute atomic E-state index is 13.7. The van der Waals surface area contributed by atoms with Crippen LogP contribution in [0.5, 0.6) is 0 Å². The Morgan fingerprint density at radius 3 is 2.04 bits per heavy atom. The monoisotopic (exact) mass is 677 g/mol. The smallest absolute Gasteiger partial charge is 0.427 e. The molecule has 20 heteroatoms. The molecule has 46 heavy (non-hydrogen) atoms. The summed E-state index contributed by atoms with van der Waals surface area (Å²) in [6.45, 7) is 13.9. The fourth-order valence-corrected chi connectivity index (χ4v) is 5.66. The molecule has 0 aromatic carbocycles. The molecule has 2 fully saturated rings. The maximum Gasteiger partial charge on any atom is 0.427 e. The minimum atomic E-state index is -3.94. The third kappa shape index (κ3) is 7.30. The summed E-state index contributed by atoms with van der Waals surface area (Å²) in [5.74, 6) is -4.28. The van der Waals surface area contributed by atoms with Crippen LogP contribution in [0, 0.1) is 0 Å². The largest absolute Gasteiger partial charge is 0.443 e. The lowest BCUT2D eigenvalue weighted by Gasteiger charge is -2.54. The molecular weight excluding hydrogens is 637 g/mol. The molecule has 3 amide bonds. The van der Waals surface area contributed by atoms with Gasteiger partial charge in [0, 0.05) is 7.11 Å². The van der Waals surface area contributed by atoms with Crippen LogP contribution in [0.25, 0.3) is 0 Å². The molecule has 5 atom stereocenters. The minimum Gasteiger partial charge on any atom is -0.443 e. The Kier molecular flexibility index (Phi) is 9.06. The van der Waals surface area contributed by atoms with Crippen LogP contribution in [0.1, 0.15) is 62.3 Å². The number of hydrogen-bond donors (Lipinski definition) is 4. The highest BCUT2D eigenvalue weighted by Gasteiger charge is 2.65. The van der Waals surface area contributed by atoms with Gasteiger partial charge in [-0.15, -0.1) is 4.90 Å². The van der Waals surface area contributed by atoms with Crippen molar-refractivity contribution in [3.05, 3.63) is 10.4 Å². The molecule has 3 aliphatic heterocycles. The lowest BCUT2D eigenvalue weighted by atomic mass is 9.93. The highest BCUT2D eigenvalue weighted by atomic mass is 31.2. The van der Waals surface area contributed by atoms with Crippen LogP contribution in [0.15, 0.2) is 4.79 Å². The first-order valence-corrected chi connectivity index (χ1v) is 15.8. The van der Waals surface area contributed by atoms with Crippen LogP contribution >= 0.6 is 7.60 Å². The molecule has 1 aromatic rings. The van der Waals surface area contributed by atoms with Gasteiger partial charge in [0.25, 0.3) is 5.56 Å². The van der Waals surface area contributed by atoms with E-state index in [4.69, 9.17) is 32.7 Å². The second-order valence-electron chi connectivity index (χ2n) is 13.6. The van der Waals surface area contributed by atoms with E-state index < -0.39 is 102 Å². The average molecular weight is 678 g/mol. The zero-order chi connectivity index (χ0) is 34.8. The van der Waals surface area contributed by atoms with Gasteiger partial charge in [-0.05, 0) is 62.3 Å². The first kappa shape index (κ1) is 35.5. The lowest BCUT2D eigenvalue weighted by molar-refractivity contribution is -0.355. The number of H-pyrrole nitrogens is 1. The van der Waals surface area contributed by atoms with Crippen molar-refractivity contribution in [2.24, 2.45) is 0 Å². The number of fused-ring (bicyclic) bond motifs is 3. The number of nitrogens with one attached hydrogen (secondary N) is 2. The van der Waals surface area contributed by atoms with E-state index in [0.717, 1.165) is 7.11 Å². The van der Waals surface area contributed by atoms with Crippen molar-refractivity contribution in [1.82, 2.24) is 9.97 Å². The Hall–Kier alpha value is -3.32. The fraction of sp³-hybridized carbons (Fsp3) is 0.731. The fourth-order valence-electron chi connectivity index (χ4n) is 4.48. The second kappa shape index (κ2) is 11.7. The molecule has 2 saturated heterocycles. The van der Waals surface area contributed by atoms with Crippen LogP contribution in [-0.4, -0.2) is 99.2 Å². The van der Waals surface area contributed by atoms with Gasteiger partial charge >= 0.3 is 25.9 Å². The van der Waals surface area contributed by atoms with Gasteiger partial charge in [0.2, 0.25) is 11.7 Å². The second-order valence-corrected chi connectivity index (χ2v) is 15.7. The number of rotatable bonds is 2. The van der Waals surface area contributed by atoms with E-state index in [1.807, 2.05) is 0 Å². The van der Waals surface area contributed by atoms with E-state index in [1.54, 1.807) is 62.3 Å². The van der Waals surface area contributed by atoms with Gasteiger partial charge in [-0.1, -0.05) is 0 Å². The highest BCUT2D eigenvalue weighted by molar-refractivity contribution is 7.53. The zero-order valence-electron chi connectivity index (χ0n) is 27.1. The highest BCUT2D eigenvalue weighted by Crippen LogP contribution is 2.56. The Bertz CT molecular complexity index is 1470. The summed E-state index contributed by atoms with van der Waals surface area (Å²) in [5, 5.41) is 25.3. The SMILES string of the molecule is COP1(=O)CO[C@H]2O[C@@H]3[C@@H](Nc4c(nc(N(C(=O)OC(C)(C)C)C(=O)OC(C)(C)C)[nH]c4=O)N3C(=O)OC(C)(C)C)C(O)(O)[C@H]2O1. The lowest BCUT2D eigenvalue weighted by Crippen LogP contribution is -2.75. The van der Waals surface area contributed by atoms with Crippen molar-refractivity contribution in [2.45, 2.75) is 110 Å². The van der Waals surface area contributed by atoms with Crippen molar-refractivity contribution < 1.29 is 61.9 Å². The molecule has 0 aliphatic carbocycles. The van der Waals surface area contributed by atoms with Gasteiger partial charge in [-0.2, -0.15) is 4.98 Å². The Balaban J connectivity index is 1.89. The number of aromatic amines is 1. The number of ether oxygens (including phenoxy) is 5. The van der Waals surface area contributed by atoms with Crippen LogP contribution in [0.2, 0.25) is 0 Å². The summed E-state index contributed by atoms with van der Waals surface area (Å²) in [6, 6.07) is -1.78. The standard InChI is InChI=1S/C26H40N5O14P/c1-23(2,3)42-20(33)30-15-12(27-13-17(30)41-18-14(26(13,36)37)45-46(38,39-10)11-40-18)16(32)29-19(28-15)31(21(34)43-24(4,5)6)22(35)44-25(7,8)9/h13-14,17-18,27,36-37H,11H2,1-10H3,(H,28,29,32)/t13-,14+,17-,18+,46?/m1/s1. The number of amides is 3. The van der Waals surface area contributed by atoms with Gasteiger partial charge < -0.3 is 43.7 Å². The summed E-state index contributed by atoms with van der Waals surface area (Å²) in [7, 11) is -2.87. The van der Waals surface area contributed by atoms with Crippen LogP contribution < -0.4 is 20.7 Å². The molecular formula is C26H40N5O14P. The third-order valence-corrected chi connectivity index (χ3v) is 7.83. The molecule has 4 N–H and O–H groups in total. The predicted molar refractivity (Wildman–Crippen MR) is 157 cm³/mol. The van der Waals surface area contributed by atoms with Gasteiger partial charge in [0.1, 0.15) is 28.5 Å². The van der Waals surface area contributed by atoms with Gasteiger partial charge in [0.15, 0.2) is 30.8 Å². The molecule has 0 radical (unpaired) electrons. The molecule has 4 heterocycles. The summed E-state index contributed by atoms with van der Waals surface area (Å²) in [6.07, 6.45) is -9.55. The minimum absolute atomic E-state index is 0.331. The van der Waals surface area contributed by atoms with E-state index in [1.165, 1.54) is 0 Å². The number of carbonyl (C=O) groups excluding carboxylic acids is 3. The Morgan fingerprint density at radius 1 is 1.00 bits per heavy atom. The summed E-state index contributed by atoms with van der Waals surface area (Å²) in [4.78, 5) is 61.4. The van der Waals surface area contributed by atoms with Crippen molar-refractivity contribution >= 4 is 43.3 Å². The summed E-state index contributed by atoms with van der Waals surface area (Å²) < 4.78 is 50.6. The van der Waals surface area contributed by atoms with E-state index in [9.17, 15) is 34.0 Å². The number of aliphatic hydroxyl groups is 2. The molecule has 3 aliphatic rings. The maximum atomic E-state index is 13.7. The number of aromatic nitrogens is 2. The van der Waals surface area contributed by atoms with Crippen LogP contribution in [0.4, 0.5) is 31.8 Å².